The Balaban J connectivity index is 1.93. The van der Waals surface area contributed by atoms with Crippen molar-refractivity contribution in [1.29, 1.82) is 0 Å². The molecule has 0 aliphatic carbocycles. The topological polar surface area (TPSA) is 115 Å². The molecule has 0 radical (unpaired) electrons. The van der Waals surface area contributed by atoms with Gasteiger partial charge in [-0.25, -0.2) is 14.6 Å². The Hall–Kier alpha value is -3.46. The van der Waals surface area contributed by atoms with Crippen LogP contribution in [0.2, 0.25) is 0 Å². The van der Waals surface area contributed by atoms with Crippen molar-refractivity contribution in [1.82, 2.24) is 4.98 Å². The largest absolute Gasteiger partial charge is 0.478 e. The molecule has 0 aliphatic rings. The van der Waals surface area contributed by atoms with Gasteiger partial charge in [0.15, 0.2) is 5.13 Å². The highest BCUT2D eigenvalue weighted by molar-refractivity contribution is 7.14. The number of carbonyl (C=O) groups excluding carboxylic acids is 2. The van der Waals surface area contributed by atoms with Gasteiger partial charge < -0.3 is 14.6 Å². The maximum Gasteiger partial charge on any atom is 0.413 e. The molecule has 30 heavy (non-hydrogen) atoms. The zero-order valence-corrected chi connectivity index (χ0v) is 17.4. The van der Waals surface area contributed by atoms with E-state index < -0.39 is 18.0 Å². The second kappa shape index (κ2) is 11.5. The SMILES string of the molecule is CC(C)=CCOC(=O)C/C=C(\C(=O)O)c1csc(NC(=O)OCc2ccccc2)n1. The highest BCUT2D eigenvalue weighted by Crippen LogP contribution is 2.22. The first kappa shape index (κ1) is 22.8. The lowest BCUT2D eigenvalue weighted by Crippen LogP contribution is -2.13. The first-order valence-electron chi connectivity index (χ1n) is 9.01. The molecule has 9 heteroatoms. The van der Waals surface area contributed by atoms with E-state index in [1.165, 1.54) is 11.5 Å². The Bertz CT molecular complexity index is 945. The number of nitrogens with one attached hydrogen (secondary N) is 1. The van der Waals surface area contributed by atoms with Crippen LogP contribution < -0.4 is 5.32 Å². The van der Waals surface area contributed by atoms with Gasteiger partial charge in [-0.3, -0.25) is 10.1 Å². The summed E-state index contributed by atoms with van der Waals surface area (Å²) in [6.45, 7) is 3.98. The molecule has 1 aromatic heterocycles. The van der Waals surface area contributed by atoms with E-state index in [2.05, 4.69) is 10.3 Å². The van der Waals surface area contributed by atoms with E-state index in [-0.39, 0.29) is 36.0 Å². The van der Waals surface area contributed by atoms with E-state index in [9.17, 15) is 19.5 Å². The number of allylic oxidation sites excluding steroid dienone is 1. The first-order chi connectivity index (χ1) is 14.3. The Kier molecular flexibility index (Phi) is 8.76. The first-order valence-corrected chi connectivity index (χ1v) is 9.89. The Morgan fingerprint density at radius 3 is 2.53 bits per heavy atom. The third-order valence-corrected chi connectivity index (χ3v) is 4.40. The predicted octanol–water partition coefficient (Wildman–Crippen LogP) is 4.26. The van der Waals surface area contributed by atoms with Crippen LogP contribution in [0.5, 0.6) is 0 Å². The number of carboxylic acid groups (broad SMARTS) is 1. The molecular formula is C21H22N2O6S. The average molecular weight is 430 g/mol. The van der Waals surface area contributed by atoms with Crippen molar-refractivity contribution < 1.29 is 29.0 Å². The van der Waals surface area contributed by atoms with Gasteiger partial charge in [0.05, 0.1) is 17.7 Å². The van der Waals surface area contributed by atoms with Gasteiger partial charge in [0.1, 0.15) is 13.2 Å². The molecule has 158 valence electrons. The standard InChI is InChI=1S/C21H22N2O6S/c1-14(2)10-11-28-18(24)9-8-16(19(25)26)17-13-30-20(22-17)23-21(27)29-12-15-6-4-3-5-7-15/h3-8,10,13H,9,11-12H2,1-2H3,(H,25,26)(H,22,23,27)/b16-8-. The number of ether oxygens (including phenoxy) is 2. The number of benzene rings is 1. The summed E-state index contributed by atoms with van der Waals surface area (Å²) in [5.41, 5.74) is 1.81. The van der Waals surface area contributed by atoms with Crippen molar-refractivity contribution in [2.24, 2.45) is 0 Å². The van der Waals surface area contributed by atoms with E-state index in [4.69, 9.17) is 9.47 Å². The lowest BCUT2D eigenvalue weighted by atomic mass is 10.1. The zero-order valence-electron chi connectivity index (χ0n) is 16.6. The third-order valence-electron chi connectivity index (χ3n) is 3.64. The van der Waals surface area contributed by atoms with E-state index in [0.29, 0.717) is 0 Å². The molecule has 1 aromatic carbocycles. The molecule has 8 nitrogen and oxygen atoms in total. The minimum absolute atomic E-state index is 0.0973. The van der Waals surface area contributed by atoms with E-state index in [0.717, 1.165) is 22.5 Å². The van der Waals surface area contributed by atoms with Crippen LogP contribution in [0.15, 0.2) is 53.4 Å². The van der Waals surface area contributed by atoms with Crippen molar-refractivity contribution in [3.63, 3.8) is 0 Å². The van der Waals surface area contributed by atoms with Crippen molar-refractivity contribution in [3.05, 3.63) is 64.7 Å². The van der Waals surface area contributed by atoms with Crippen LogP contribution in [-0.2, 0) is 25.7 Å². The van der Waals surface area contributed by atoms with Crippen LogP contribution in [0.25, 0.3) is 5.57 Å². The number of anilines is 1. The summed E-state index contributed by atoms with van der Waals surface area (Å²) in [5, 5.41) is 13.5. The van der Waals surface area contributed by atoms with E-state index in [1.54, 1.807) is 6.08 Å². The molecule has 2 rings (SSSR count). The maximum absolute atomic E-state index is 11.9. The van der Waals surface area contributed by atoms with Crippen molar-refractivity contribution in [2.45, 2.75) is 26.9 Å². The van der Waals surface area contributed by atoms with Gasteiger partial charge in [-0.1, -0.05) is 42.0 Å². The Labute approximate surface area is 177 Å². The number of esters is 1. The van der Waals surface area contributed by atoms with Gasteiger partial charge >= 0.3 is 18.0 Å². The number of aliphatic carboxylic acids is 1. The molecule has 0 spiro atoms. The second-order valence-electron chi connectivity index (χ2n) is 6.32. The Morgan fingerprint density at radius 1 is 1.13 bits per heavy atom. The van der Waals surface area contributed by atoms with Crippen molar-refractivity contribution in [3.8, 4) is 0 Å². The molecule has 2 N–H and O–H groups in total. The van der Waals surface area contributed by atoms with Crippen molar-refractivity contribution in [2.75, 3.05) is 11.9 Å². The molecular weight excluding hydrogens is 408 g/mol. The summed E-state index contributed by atoms with van der Waals surface area (Å²) in [6, 6.07) is 9.17. The molecule has 1 heterocycles. The molecule has 1 amide bonds. The van der Waals surface area contributed by atoms with Gasteiger partial charge in [0.25, 0.3) is 0 Å². The zero-order chi connectivity index (χ0) is 21.9. The number of aromatic nitrogens is 1. The summed E-state index contributed by atoms with van der Waals surface area (Å²) in [4.78, 5) is 39.3. The smallest absolute Gasteiger partial charge is 0.413 e. The number of thiazole rings is 1. The quantitative estimate of drug-likeness (QED) is 0.347. The van der Waals surface area contributed by atoms with Gasteiger partial charge in [-0.2, -0.15) is 0 Å². The second-order valence-corrected chi connectivity index (χ2v) is 7.17. The summed E-state index contributed by atoms with van der Waals surface area (Å²) < 4.78 is 10.1. The molecule has 0 saturated carbocycles. The number of carboxylic acids is 1. The lowest BCUT2D eigenvalue weighted by Gasteiger charge is -2.04. The Morgan fingerprint density at radius 2 is 1.87 bits per heavy atom. The highest BCUT2D eigenvalue weighted by atomic mass is 32.1. The van der Waals surface area contributed by atoms with Crippen LogP contribution in [0.3, 0.4) is 0 Å². The van der Waals surface area contributed by atoms with E-state index >= 15 is 0 Å². The molecule has 0 bridgehead atoms. The van der Waals surface area contributed by atoms with Gasteiger partial charge in [-0.15, -0.1) is 11.3 Å². The predicted molar refractivity (Wildman–Crippen MR) is 113 cm³/mol. The summed E-state index contributed by atoms with van der Waals surface area (Å²) in [6.07, 6.45) is 2.07. The van der Waals surface area contributed by atoms with E-state index in [1.807, 2.05) is 44.2 Å². The molecule has 0 atom stereocenters. The van der Waals surface area contributed by atoms with Crippen molar-refractivity contribution >= 4 is 40.1 Å². The fraction of sp³-hybridized carbons (Fsp3) is 0.238. The molecule has 2 aromatic rings. The summed E-state index contributed by atoms with van der Waals surface area (Å²) >= 11 is 1.05. The molecule has 0 saturated heterocycles. The van der Waals surface area contributed by atoms with Crippen LogP contribution in [0.1, 0.15) is 31.5 Å². The lowest BCUT2D eigenvalue weighted by molar-refractivity contribution is -0.141. The number of nitrogens with zero attached hydrogens (tertiary/aromatic N) is 1. The molecule has 0 unspecified atom stereocenters. The fourth-order valence-corrected chi connectivity index (χ4v) is 2.84. The van der Waals surface area contributed by atoms with Gasteiger partial charge in [-0.05, 0) is 25.5 Å². The van der Waals surface area contributed by atoms with Crippen LogP contribution in [0, 0.1) is 0 Å². The monoisotopic (exact) mass is 430 g/mol. The summed E-state index contributed by atoms with van der Waals surface area (Å²) in [5.74, 6) is -1.79. The van der Waals surface area contributed by atoms with Crippen LogP contribution >= 0.6 is 11.3 Å². The van der Waals surface area contributed by atoms with Gasteiger partial charge in [0.2, 0.25) is 0 Å². The maximum atomic E-state index is 11.9. The van der Waals surface area contributed by atoms with Gasteiger partial charge in [0, 0.05) is 5.38 Å². The number of amides is 1. The molecule has 0 aliphatic heterocycles. The number of carbonyl (C=O) groups is 3. The molecule has 0 fully saturated rings. The number of hydrogen-bond donors (Lipinski definition) is 2. The average Bonchev–Trinajstić information content (AvgIpc) is 3.14. The number of hydrogen-bond acceptors (Lipinski definition) is 7. The minimum atomic E-state index is -1.24. The van der Waals surface area contributed by atoms with Crippen LogP contribution in [-0.4, -0.2) is 34.7 Å². The van der Waals surface area contributed by atoms with Crippen LogP contribution in [0.4, 0.5) is 9.93 Å². The normalized spacial score (nSPS) is 10.8. The minimum Gasteiger partial charge on any atom is -0.478 e. The highest BCUT2D eigenvalue weighted by Gasteiger charge is 2.16. The third kappa shape index (κ3) is 7.88. The fourth-order valence-electron chi connectivity index (χ4n) is 2.15. The summed E-state index contributed by atoms with van der Waals surface area (Å²) in [7, 11) is 0. The number of rotatable bonds is 9.